The average molecular weight is 329 g/mol. The van der Waals surface area contributed by atoms with Gasteiger partial charge in [0.05, 0.1) is 5.75 Å². The van der Waals surface area contributed by atoms with E-state index in [-0.39, 0.29) is 5.75 Å². The Kier molecular flexibility index (Phi) is 6.10. The fourth-order valence-electron chi connectivity index (χ4n) is 2.36. The number of hydrogen-bond donors (Lipinski definition) is 1. The van der Waals surface area contributed by atoms with Crippen molar-refractivity contribution in [1.29, 1.82) is 0 Å². The zero-order valence-electron chi connectivity index (χ0n) is 12.7. The fourth-order valence-corrected chi connectivity index (χ4v) is 5.20. The average Bonchev–Trinajstić information content (AvgIpc) is 2.46. The lowest BCUT2D eigenvalue weighted by molar-refractivity contribution is 0.423. The zero-order chi connectivity index (χ0) is 15.3. The molecule has 0 amide bonds. The van der Waals surface area contributed by atoms with Crippen LogP contribution in [0.25, 0.3) is 0 Å². The SMILES string of the molecule is CCNCc1ccc(CS(=O)(=O)N2CCSC(C)C2)cc1. The van der Waals surface area contributed by atoms with Crippen LogP contribution in [0, 0.1) is 0 Å². The Morgan fingerprint density at radius 1 is 1.29 bits per heavy atom. The second kappa shape index (κ2) is 7.63. The van der Waals surface area contributed by atoms with Crippen LogP contribution in [0.5, 0.6) is 0 Å². The van der Waals surface area contributed by atoms with Crippen molar-refractivity contribution in [3.63, 3.8) is 0 Å². The number of thioether (sulfide) groups is 1. The minimum absolute atomic E-state index is 0.103. The molecule has 0 bridgehead atoms. The van der Waals surface area contributed by atoms with E-state index < -0.39 is 10.0 Å². The molecule has 1 unspecified atom stereocenters. The van der Waals surface area contributed by atoms with Crippen molar-refractivity contribution >= 4 is 21.8 Å². The van der Waals surface area contributed by atoms with Crippen molar-refractivity contribution < 1.29 is 8.42 Å². The highest BCUT2D eigenvalue weighted by Gasteiger charge is 2.27. The van der Waals surface area contributed by atoms with E-state index >= 15 is 0 Å². The van der Waals surface area contributed by atoms with Gasteiger partial charge >= 0.3 is 0 Å². The predicted molar refractivity (Wildman–Crippen MR) is 89.9 cm³/mol. The van der Waals surface area contributed by atoms with Gasteiger partial charge in [-0.25, -0.2) is 8.42 Å². The maximum Gasteiger partial charge on any atom is 0.218 e. The molecule has 1 aliphatic rings. The van der Waals surface area contributed by atoms with Crippen LogP contribution in [-0.2, 0) is 22.3 Å². The van der Waals surface area contributed by atoms with Crippen molar-refractivity contribution in [2.24, 2.45) is 0 Å². The number of rotatable bonds is 6. The van der Waals surface area contributed by atoms with Crippen molar-refractivity contribution in [3.8, 4) is 0 Å². The van der Waals surface area contributed by atoms with E-state index in [0.717, 1.165) is 24.4 Å². The summed E-state index contributed by atoms with van der Waals surface area (Å²) in [7, 11) is -3.19. The standard InChI is InChI=1S/C15H24N2O2S2/c1-3-16-10-14-4-6-15(7-5-14)12-21(18,19)17-8-9-20-13(2)11-17/h4-7,13,16H,3,8-12H2,1-2H3. The van der Waals surface area contributed by atoms with Gasteiger partial charge in [0.1, 0.15) is 0 Å². The molecule has 4 nitrogen and oxygen atoms in total. The van der Waals surface area contributed by atoms with Crippen LogP contribution in [0.4, 0.5) is 0 Å². The Morgan fingerprint density at radius 3 is 2.57 bits per heavy atom. The lowest BCUT2D eigenvalue weighted by atomic mass is 10.1. The predicted octanol–water partition coefficient (Wildman–Crippen LogP) is 2.06. The molecule has 0 aromatic heterocycles. The second-order valence-electron chi connectivity index (χ2n) is 5.39. The van der Waals surface area contributed by atoms with Crippen LogP contribution < -0.4 is 5.32 Å². The lowest BCUT2D eigenvalue weighted by Crippen LogP contribution is -2.41. The lowest BCUT2D eigenvalue weighted by Gasteiger charge is -2.29. The highest BCUT2D eigenvalue weighted by atomic mass is 32.2. The molecule has 118 valence electrons. The number of nitrogens with zero attached hydrogens (tertiary/aromatic N) is 1. The molecule has 0 aliphatic carbocycles. The number of nitrogens with one attached hydrogen (secondary N) is 1. The second-order valence-corrected chi connectivity index (χ2v) is 8.91. The molecule has 2 rings (SSSR count). The molecule has 0 saturated carbocycles. The van der Waals surface area contributed by atoms with Gasteiger partial charge in [-0.2, -0.15) is 16.1 Å². The van der Waals surface area contributed by atoms with Gasteiger partial charge in [-0.05, 0) is 17.7 Å². The Bertz CT molecular complexity index is 543. The molecule has 1 aliphatic heterocycles. The number of benzene rings is 1. The monoisotopic (exact) mass is 328 g/mol. The van der Waals surface area contributed by atoms with E-state index in [1.165, 1.54) is 5.56 Å². The topological polar surface area (TPSA) is 49.4 Å². The van der Waals surface area contributed by atoms with Gasteiger partial charge in [-0.1, -0.05) is 38.1 Å². The van der Waals surface area contributed by atoms with Crippen LogP contribution in [0.15, 0.2) is 24.3 Å². The molecule has 1 atom stereocenters. The van der Waals surface area contributed by atoms with E-state index in [1.54, 1.807) is 4.31 Å². The van der Waals surface area contributed by atoms with Crippen molar-refractivity contribution in [1.82, 2.24) is 9.62 Å². The zero-order valence-corrected chi connectivity index (χ0v) is 14.3. The molecule has 6 heteroatoms. The summed E-state index contributed by atoms with van der Waals surface area (Å²) in [5, 5.41) is 3.65. The molecule has 1 heterocycles. The van der Waals surface area contributed by atoms with E-state index in [1.807, 2.05) is 36.0 Å². The summed E-state index contributed by atoms with van der Waals surface area (Å²) in [6.45, 7) is 7.17. The van der Waals surface area contributed by atoms with E-state index in [9.17, 15) is 8.42 Å². The van der Waals surface area contributed by atoms with Crippen LogP contribution in [-0.4, -0.2) is 43.4 Å². The van der Waals surface area contributed by atoms with E-state index in [0.29, 0.717) is 18.3 Å². The summed E-state index contributed by atoms with van der Waals surface area (Å²) in [6.07, 6.45) is 0. The van der Waals surface area contributed by atoms with Gasteiger partial charge in [0.15, 0.2) is 0 Å². The van der Waals surface area contributed by atoms with Gasteiger partial charge < -0.3 is 5.32 Å². The third kappa shape index (κ3) is 4.98. The first-order chi connectivity index (χ1) is 10.0. The van der Waals surface area contributed by atoms with Gasteiger partial charge in [-0.15, -0.1) is 0 Å². The van der Waals surface area contributed by atoms with Crippen molar-refractivity contribution in [2.45, 2.75) is 31.4 Å². The molecule has 21 heavy (non-hydrogen) atoms. The molecule has 1 aromatic carbocycles. The minimum atomic E-state index is -3.19. The molecule has 0 spiro atoms. The first-order valence-electron chi connectivity index (χ1n) is 7.39. The van der Waals surface area contributed by atoms with Gasteiger partial charge in [0.2, 0.25) is 10.0 Å². The highest BCUT2D eigenvalue weighted by molar-refractivity contribution is 8.00. The van der Waals surface area contributed by atoms with Crippen LogP contribution in [0.1, 0.15) is 25.0 Å². The first-order valence-corrected chi connectivity index (χ1v) is 10.0. The smallest absolute Gasteiger partial charge is 0.218 e. The van der Waals surface area contributed by atoms with Crippen LogP contribution in [0.3, 0.4) is 0 Å². The van der Waals surface area contributed by atoms with E-state index in [2.05, 4.69) is 19.2 Å². The Balaban J connectivity index is 1.99. The molecular formula is C15H24N2O2S2. The largest absolute Gasteiger partial charge is 0.313 e. The summed E-state index contributed by atoms with van der Waals surface area (Å²) < 4.78 is 26.6. The van der Waals surface area contributed by atoms with Crippen molar-refractivity contribution in [3.05, 3.63) is 35.4 Å². The molecule has 1 saturated heterocycles. The Morgan fingerprint density at radius 2 is 1.95 bits per heavy atom. The summed E-state index contributed by atoms with van der Waals surface area (Å²) in [6, 6.07) is 7.85. The Hall–Kier alpha value is -0.560. The van der Waals surface area contributed by atoms with Crippen LogP contribution >= 0.6 is 11.8 Å². The third-order valence-corrected chi connectivity index (χ3v) is 6.50. The number of sulfonamides is 1. The van der Waals surface area contributed by atoms with Gasteiger partial charge in [-0.3, -0.25) is 0 Å². The summed E-state index contributed by atoms with van der Waals surface area (Å²) in [5.74, 6) is 0.994. The van der Waals surface area contributed by atoms with Gasteiger partial charge in [0, 0.05) is 30.6 Å². The third-order valence-electron chi connectivity index (χ3n) is 3.55. The quantitative estimate of drug-likeness (QED) is 0.868. The molecule has 1 N–H and O–H groups in total. The van der Waals surface area contributed by atoms with Crippen LogP contribution in [0.2, 0.25) is 0 Å². The van der Waals surface area contributed by atoms with E-state index in [4.69, 9.17) is 0 Å². The Labute approximate surface area is 132 Å². The summed E-state index contributed by atoms with van der Waals surface area (Å²) in [4.78, 5) is 0. The minimum Gasteiger partial charge on any atom is -0.313 e. The first kappa shape index (κ1) is 16.8. The normalized spacial score (nSPS) is 20.6. The molecule has 0 radical (unpaired) electrons. The molecule has 1 fully saturated rings. The maximum absolute atomic E-state index is 12.5. The molecular weight excluding hydrogens is 304 g/mol. The molecule has 1 aromatic rings. The summed E-state index contributed by atoms with van der Waals surface area (Å²) in [5.41, 5.74) is 2.04. The van der Waals surface area contributed by atoms with Crippen molar-refractivity contribution in [2.75, 3.05) is 25.4 Å². The fraction of sp³-hybridized carbons (Fsp3) is 0.600. The maximum atomic E-state index is 12.5. The van der Waals surface area contributed by atoms with Gasteiger partial charge in [0.25, 0.3) is 0 Å². The summed E-state index contributed by atoms with van der Waals surface area (Å²) >= 11 is 1.84. The highest BCUT2D eigenvalue weighted by Crippen LogP contribution is 2.22. The number of hydrogen-bond acceptors (Lipinski definition) is 4.